The van der Waals surface area contributed by atoms with E-state index in [9.17, 15) is 10.1 Å². The van der Waals surface area contributed by atoms with Crippen molar-refractivity contribution in [3.8, 4) is 6.07 Å². The predicted molar refractivity (Wildman–Crippen MR) is 79.8 cm³/mol. The van der Waals surface area contributed by atoms with Crippen molar-refractivity contribution in [2.24, 2.45) is 7.05 Å². The van der Waals surface area contributed by atoms with Gasteiger partial charge in [-0.25, -0.2) is 4.98 Å². The maximum absolute atomic E-state index is 12.5. The number of imidazole rings is 1. The number of carbonyl (C=O) groups excluding carboxylic acids is 1. The number of para-hydroxylation sites is 2. The Morgan fingerprint density at radius 2 is 1.81 bits per heavy atom. The van der Waals surface area contributed by atoms with Crippen molar-refractivity contribution >= 4 is 16.8 Å². The second-order valence-electron chi connectivity index (χ2n) is 4.81. The standard InChI is InChI=1S/C17H13N3O/c1-20-15-10-6-5-9-14(15)19-17(20)13(11-18)16(21)12-7-3-2-4-8-12/h2-10,13H,1H3. The van der Waals surface area contributed by atoms with Gasteiger partial charge in [-0.15, -0.1) is 0 Å². The van der Waals surface area contributed by atoms with Gasteiger partial charge in [-0.05, 0) is 12.1 Å². The number of Topliss-reactive ketones (excluding diaryl/α,β-unsaturated/α-hetero) is 1. The molecule has 21 heavy (non-hydrogen) atoms. The van der Waals surface area contributed by atoms with Crippen molar-refractivity contribution in [2.45, 2.75) is 5.92 Å². The summed E-state index contributed by atoms with van der Waals surface area (Å²) in [5.41, 5.74) is 2.22. The van der Waals surface area contributed by atoms with E-state index in [1.165, 1.54) is 0 Å². The topological polar surface area (TPSA) is 58.7 Å². The van der Waals surface area contributed by atoms with Gasteiger partial charge < -0.3 is 4.57 Å². The Bertz CT molecular complexity index is 843. The van der Waals surface area contributed by atoms with Crippen molar-refractivity contribution in [1.29, 1.82) is 5.26 Å². The first-order chi connectivity index (χ1) is 10.2. The summed E-state index contributed by atoms with van der Waals surface area (Å²) in [5, 5.41) is 9.44. The summed E-state index contributed by atoms with van der Waals surface area (Å²) in [6.07, 6.45) is 0. The summed E-state index contributed by atoms with van der Waals surface area (Å²) in [4.78, 5) is 17.0. The van der Waals surface area contributed by atoms with E-state index in [0.29, 0.717) is 11.4 Å². The molecule has 3 aromatic rings. The fourth-order valence-electron chi connectivity index (χ4n) is 2.43. The highest BCUT2D eigenvalue weighted by Crippen LogP contribution is 2.23. The molecule has 0 spiro atoms. The minimum atomic E-state index is -0.898. The monoisotopic (exact) mass is 275 g/mol. The lowest BCUT2D eigenvalue weighted by Crippen LogP contribution is -2.15. The Kier molecular flexibility index (Phi) is 3.25. The van der Waals surface area contributed by atoms with Gasteiger partial charge in [0.15, 0.2) is 11.7 Å². The maximum atomic E-state index is 12.5. The molecule has 0 N–H and O–H groups in total. The molecule has 0 aliphatic heterocycles. The van der Waals surface area contributed by atoms with Crippen LogP contribution in [0.2, 0.25) is 0 Å². The lowest BCUT2D eigenvalue weighted by atomic mass is 9.98. The molecule has 102 valence electrons. The third-order valence-electron chi connectivity index (χ3n) is 3.53. The zero-order valence-corrected chi connectivity index (χ0v) is 11.5. The number of rotatable bonds is 3. The number of fused-ring (bicyclic) bond motifs is 1. The van der Waals surface area contributed by atoms with Gasteiger partial charge in [-0.3, -0.25) is 4.79 Å². The third kappa shape index (κ3) is 2.19. The van der Waals surface area contributed by atoms with Crippen LogP contribution in [0.1, 0.15) is 22.1 Å². The first-order valence-electron chi connectivity index (χ1n) is 6.62. The average Bonchev–Trinajstić information content (AvgIpc) is 2.86. The number of aromatic nitrogens is 2. The third-order valence-corrected chi connectivity index (χ3v) is 3.53. The van der Waals surface area contributed by atoms with Gasteiger partial charge >= 0.3 is 0 Å². The van der Waals surface area contributed by atoms with E-state index in [4.69, 9.17) is 0 Å². The van der Waals surface area contributed by atoms with Gasteiger partial charge in [0, 0.05) is 12.6 Å². The molecule has 0 saturated heterocycles. The molecular weight excluding hydrogens is 262 g/mol. The smallest absolute Gasteiger partial charge is 0.187 e. The molecule has 3 rings (SSSR count). The molecule has 0 amide bonds. The van der Waals surface area contributed by atoms with Gasteiger partial charge in [0.05, 0.1) is 17.1 Å². The van der Waals surface area contributed by atoms with Crippen LogP contribution in [0.25, 0.3) is 11.0 Å². The molecule has 0 radical (unpaired) electrons. The lowest BCUT2D eigenvalue weighted by Gasteiger charge is -2.08. The summed E-state index contributed by atoms with van der Waals surface area (Å²) in [6.45, 7) is 0. The van der Waals surface area contributed by atoms with E-state index < -0.39 is 5.92 Å². The largest absolute Gasteiger partial charge is 0.330 e. The fraction of sp³-hybridized carbons (Fsp3) is 0.118. The zero-order chi connectivity index (χ0) is 14.8. The lowest BCUT2D eigenvalue weighted by molar-refractivity contribution is 0.0975. The van der Waals surface area contributed by atoms with Crippen LogP contribution in [0.5, 0.6) is 0 Å². The number of aryl methyl sites for hydroxylation is 1. The first-order valence-corrected chi connectivity index (χ1v) is 6.62. The molecule has 0 aliphatic carbocycles. The molecule has 0 bridgehead atoms. The Morgan fingerprint density at radius 1 is 1.14 bits per heavy atom. The maximum Gasteiger partial charge on any atom is 0.187 e. The van der Waals surface area contributed by atoms with Crippen molar-refractivity contribution in [3.05, 3.63) is 66.0 Å². The highest BCUT2D eigenvalue weighted by molar-refractivity contribution is 6.02. The van der Waals surface area contributed by atoms with Crippen LogP contribution < -0.4 is 0 Å². The van der Waals surface area contributed by atoms with Crippen LogP contribution in [0.3, 0.4) is 0 Å². The van der Waals surface area contributed by atoms with E-state index in [1.54, 1.807) is 24.3 Å². The SMILES string of the molecule is Cn1c(C(C#N)C(=O)c2ccccc2)nc2ccccc21. The molecular formula is C17H13N3O. The number of ketones is 1. The fourth-order valence-corrected chi connectivity index (χ4v) is 2.43. The molecule has 1 atom stereocenters. The molecule has 4 heteroatoms. The van der Waals surface area contributed by atoms with E-state index in [-0.39, 0.29) is 5.78 Å². The van der Waals surface area contributed by atoms with Crippen LogP contribution in [-0.2, 0) is 7.05 Å². The number of hydrogen-bond donors (Lipinski definition) is 0. The summed E-state index contributed by atoms with van der Waals surface area (Å²) < 4.78 is 1.81. The van der Waals surface area contributed by atoms with E-state index >= 15 is 0 Å². The Hall–Kier alpha value is -2.93. The Balaban J connectivity index is 2.09. The molecule has 2 aromatic carbocycles. The van der Waals surface area contributed by atoms with Gasteiger partial charge in [0.1, 0.15) is 5.82 Å². The quantitative estimate of drug-likeness (QED) is 0.690. The van der Waals surface area contributed by atoms with Gasteiger partial charge in [-0.2, -0.15) is 5.26 Å². The minimum Gasteiger partial charge on any atom is -0.330 e. The van der Waals surface area contributed by atoms with Crippen LogP contribution in [0.4, 0.5) is 0 Å². The number of nitriles is 1. The minimum absolute atomic E-state index is 0.225. The average molecular weight is 275 g/mol. The van der Waals surface area contributed by atoms with Gasteiger partial charge in [0.25, 0.3) is 0 Å². The second kappa shape index (κ2) is 5.22. The highest BCUT2D eigenvalue weighted by Gasteiger charge is 2.26. The summed E-state index contributed by atoms with van der Waals surface area (Å²) in [5.74, 6) is -0.645. The zero-order valence-electron chi connectivity index (χ0n) is 11.5. The molecule has 1 heterocycles. The molecule has 0 saturated carbocycles. The molecule has 4 nitrogen and oxygen atoms in total. The van der Waals surface area contributed by atoms with E-state index in [2.05, 4.69) is 11.1 Å². The number of benzene rings is 2. The molecule has 1 unspecified atom stereocenters. The van der Waals surface area contributed by atoms with Crippen molar-refractivity contribution in [3.63, 3.8) is 0 Å². The second-order valence-corrected chi connectivity index (χ2v) is 4.81. The molecule has 0 fully saturated rings. The Morgan fingerprint density at radius 3 is 2.48 bits per heavy atom. The number of carbonyl (C=O) groups is 1. The first kappa shape index (κ1) is 13.1. The van der Waals surface area contributed by atoms with Crippen molar-refractivity contribution in [1.82, 2.24) is 9.55 Å². The Labute approximate surface area is 122 Å². The van der Waals surface area contributed by atoms with E-state index in [0.717, 1.165) is 11.0 Å². The number of nitrogens with zero attached hydrogens (tertiary/aromatic N) is 3. The van der Waals surface area contributed by atoms with Crippen LogP contribution >= 0.6 is 0 Å². The van der Waals surface area contributed by atoms with Gasteiger partial charge in [-0.1, -0.05) is 42.5 Å². The van der Waals surface area contributed by atoms with Crippen LogP contribution in [0, 0.1) is 11.3 Å². The predicted octanol–water partition coefficient (Wildman–Crippen LogP) is 3.06. The highest BCUT2D eigenvalue weighted by atomic mass is 16.1. The van der Waals surface area contributed by atoms with Crippen LogP contribution in [-0.4, -0.2) is 15.3 Å². The molecule has 1 aromatic heterocycles. The van der Waals surface area contributed by atoms with Crippen molar-refractivity contribution in [2.75, 3.05) is 0 Å². The normalized spacial score (nSPS) is 12.0. The number of hydrogen-bond acceptors (Lipinski definition) is 3. The van der Waals surface area contributed by atoms with Gasteiger partial charge in [0.2, 0.25) is 0 Å². The van der Waals surface area contributed by atoms with Crippen molar-refractivity contribution < 1.29 is 4.79 Å². The summed E-state index contributed by atoms with van der Waals surface area (Å²) in [7, 11) is 1.83. The molecule has 0 aliphatic rings. The van der Waals surface area contributed by atoms with Crippen LogP contribution in [0.15, 0.2) is 54.6 Å². The summed E-state index contributed by atoms with van der Waals surface area (Å²) >= 11 is 0. The van der Waals surface area contributed by atoms with E-state index in [1.807, 2.05) is 41.9 Å². The summed E-state index contributed by atoms with van der Waals surface area (Å²) in [6, 6.07) is 18.5.